The van der Waals surface area contributed by atoms with Gasteiger partial charge in [-0.15, -0.1) is 0 Å². The highest BCUT2D eigenvalue weighted by atomic mass is 15.1. The van der Waals surface area contributed by atoms with E-state index in [2.05, 4.69) is 56.2 Å². The van der Waals surface area contributed by atoms with E-state index in [1.165, 1.54) is 56.3 Å². The summed E-state index contributed by atoms with van der Waals surface area (Å²) in [7, 11) is 0. The van der Waals surface area contributed by atoms with Gasteiger partial charge in [0, 0.05) is 38.9 Å². The van der Waals surface area contributed by atoms with E-state index in [4.69, 9.17) is 0 Å². The summed E-state index contributed by atoms with van der Waals surface area (Å²) in [6.07, 6.45) is 8.36. The first kappa shape index (κ1) is 22.9. The van der Waals surface area contributed by atoms with E-state index in [1.807, 2.05) is 18.3 Å². The average molecular weight is 410 g/mol. The van der Waals surface area contributed by atoms with Crippen LogP contribution in [0.15, 0.2) is 48.7 Å². The number of hydrogen-bond donors (Lipinski definition) is 3. The molecule has 0 bridgehead atoms. The molecule has 30 heavy (non-hydrogen) atoms. The van der Waals surface area contributed by atoms with Gasteiger partial charge in [0.15, 0.2) is 0 Å². The zero-order valence-electron chi connectivity index (χ0n) is 18.4. The first-order chi connectivity index (χ1) is 14.9. The fraction of sp³-hybridized carbons (Fsp3) is 0.560. The Morgan fingerprint density at radius 3 is 2.33 bits per heavy atom. The van der Waals surface area contributed by atoms with E-state index in [0.717, 1.165) is 51.5 Å². The van der Waals surface area contributed by atoms with Gasteiger partial charge in [0.05, 0.1) is 5.69 Å². The van der Waals surface area contributed by atoms with Crippen molar-refractivity contribution in [1.82, 2.24) is 25.8 Å². The van der Waals surface area contributed by atoms with Crippen LogP contribution in [0.1, 0.15) is 48.9 Å². The maximum absolute atomic E-state index is 4.36. The van der Waals surface area contributed by atoms with Crippen LogP contribution in [0.4, 0.5) is 0 Å². The zero-order chi connectivity index (χ0) is 20.7. The lowest BCUT2D eigenvalue weighted by molar-refractivity contribution is 0.257. The number of nitrogens with zero attached hydrogens (tertiary/aromatic N) is 2. The quantitative estimate of drug-likeness (QED) is 0.683. The molecule has 0 unspecified atom stereocenters. The molecule has 5 heteroatoms. The Morgan fingerprint density at radius 2 is 1.50 bits per heavy atom. The van der Waals surface area contributed by atoms with Gasteiger partial charge in [-0.1, -0.05) is 43.2 Å². The van der Waals surface area contributed by atoms with E-state index in [0.29, 0.717) is 0 Å². The third kappa shape index (κ3) is 9.35. The second-order valence-electron chi connectivity index (χ2n) is 8.29. The number of hydrogen-bond acceptors (Lipinski definition) is 5. The van der Waals surface area contributed by atoms with Gasteiger partial charge in [0.25, 0.3) is 0 Å². The molecule has 3 N–H and O–H groups in total. The Balaban J connectivity index is 1.42. The minimum atomic E-state index is 0.805. The molecule has 2 heterocycles. The van der Waals surface area contributed by atoms with Gasteiger partial charge in [-0.2, -0.15) is 0 Å². The number of benzene rings is 1. The topological polar surface area (TPSA) is 52.2 Å². The molecule has 1 fully saturated rings. The van der Waals surface area contributed by atoms with Crippen molar-refractivity contribution in [2.75, 3.05) is 39.3 Å². The number of aromatic nitrogens is 1. The summed E-state index contributed by atoms with van der Waals surface area (Å²) in [6.45, 7) is 9.55. The normalized spacial score (nSPS) is 18.0. The first-order valence-electron chi connectivity index (χ1n) is 11.7. The third-order valence-corrected chi connectivity index (χ3v) is 5.68. The smallest absolute Gasteiger partial charge is 0.0541 e. The lowest BCUT2D eigenvalue weighted by Crippen LogP contribution is -2.34. The van der Waals surface area contributed by atoms with Crippen molar-refractivity contribution in [3.05, 3.63) is 65.5 Å². The molecule has 0 radical (unpaired) electrons. The average Bonchev–Trinajstić information content (AvgIpc) is 2.78. The monoisotopic (exact) mass is 409 g/mol. The molecule has 1 saturated heterocycles. The van der Waals surface area contributed by atoms with Crippen molar-refractivity contribution >= 4 is 0 Å². The summed E-state index contributed by atoms with van der Waals surface area (Å²) >= 11 is 0. The summed E-state index contributed by atoms with van der Waals surface area (Å²) in [6, 6.07) is 15.2. The minimum absolute atomic E-state index is 0.805. The van der Waals surface area contributed by atoms with Crippen molar-refractivity contribution in [1.29, 1.82) is 0 Å². The fourth-order valence-corrected chi connectivity index (χ4v) is 3.89. The zero-order valence-corrected chi connectivity index (χ0v) is 18.4. The molecule has 1 aliphatic rings. The van der Waals surface area contributed by atoms with Gasteiger partial charge in [-0.25, -0.2) is 0 Å². The number of rotatable bonds is 6. The van der Waals surface area contributed by atoms with Gasteiger partial charge in [0.2, 0.25) is 0 Å². The maximum Gasteiger partial charge on any atom is 0.0541 e. The Bertz CT molecular complexity index is 660. The van der Waals surface area contributed by atoms with Crippen LogP contribution in [-0.2, 0) is 19.6 Å². The van der Waals surface area contributed by atoms with Gasteiger partial charge in [-0.3, -0.25) is 9.88 Å². The van der Waals surface area contributed by atoms with E-state index in [-0.39, 0.29) is 0 Å². The molecule has 0 amide bonds. The highest BCUT2D eigenvalue weighted by Crippen LogP contribution is 2.10. The predicted octanol–water partition coefficient (Wildman–Crippen LogP) is 3.32. The fourth-order valence-electron chi connectivity index (χ4n) is 3.89. The summed E-state index contributed by atoms with van der Waals surface area (Å²) in [5.74, 6) is 0. The second-order valence-corrected chi connectivity index (χ2v) is 8.29. The SMILES string of the molecule is c1ccc(CNCc2ccc(CN3CCCCCCNCCCNCC3)cc2)nc1. The Labute approximate surface area is 182 Å². The lowest BCUT2D eigenvalue weighted by atomic mass is 10.1. The van der Waals surface area contributed by atoms with Crippen molar-refractivity contribution in [3.63, 3.8) is 0 Å². The van der Waals surface area contributed by atoms with Crippen LogP contribution < -0.4 is 16.0 Å². The molecule has 0 aliphatic carbocycles. The van der Waals surface area contributed by atoms with Crippen molar-refractivity contribution in [2.24, 2.45) is 0 Å². The van der Waals surface area contributed by atoms with E-state index >= 15 is 0 Å². The first-order valence-corrected chi connectivity index (χ1v) is 11.7. The van der Waals surface area contributed by atoms with Crippen LogP contribution in [-0.4, -0.2) is 49.2 Å². The summed E-state index contributed by atoms with van der Waals surface area (Å²) in [4.78, 5) is 6.98. The summed E-state index contributed by atoms with van der Waals surface area (Å²) in [5.41, 5.74) is 3.82. The Morgan fingerprint density at radius 1 is 0.733 bits per heavy atom. The molecule has 5 nitrogen and oxygen atoms in total. The maximum atomic E-state index is 4.36. The summed E-state index contributed by atoms with van der Waals surface area (Å²) < 4.78 is 0. The van der Waals surface area contributed by atoms with Gasteiger partial charge in [0.1, 0.15) is 0 Å². The van der Waals surface area contributed by atoms with Crippen molar-refractivity contribution < 1.29 is 0 Å². The Kier molecular flexibility index (Phi) is 10.9. The number of pyridine rings is 1. The lowest BCUT2D eigenvalue weighted by Gasteiger charge is -2.23. The molecular weight excluding hydrogens is 370 g/mol. The molecule has 1 aliphatic heterocycles. The highest BCUT2D eigenvalue weighted by molar-refractivity contribution is 5.22. The largest absolute Gasteiger partial charge is 0.317 e. The van der Waals surface area contributed by atoms with Gasteiger partial charge in [-0.05, 0) is 68.7 Å². The third-order valence-electron chi connectivity index (χ3n) is 5.68. The molecular formula is C25H39N5. The molecule has 3 rings (SSSR count). The van der Waals surface area contributed by atoms with Gasteiger partial charge >= 0.3 is 0 Å². The van der Waals surface area contributed by atoms with Crippen LogP contribution >= 0.6 is 0 Å². The minimum Gasteiger partial charge on any atom is -0.317 e. The molecule has 0 saturated carbocycles. The molecule has 0 atom stereocenters. The van der Waals surface area contributed by atoms with Gasteiger partial charge < -0.3 is 16.0 Å². The van der Waals surface area contributed by atoms with E-state index in [1.54, 1.807) is 0 Å². The van der Waals surface area contributed by atoms with Crippen LogP contribution in [0, 0.1) is 0 Å². The predicted molar refractivity (Wildman–Crippen MR) is 125 cm³/mol. The van der Waals surface area contributed by atoms with Crippen LogP contribution in [0.3, 0.4) is 0 Å². The summed E-state index contributed by atoms with van der Waals surface area (Å²) in [5, 5.41) is 10.6. The van der Waals surface area contributed by atoms with Crippen LogP contribution in [0.2, 0.25) is 0 Å². The standard InChI is InChI=1S/C25H39N5/c1-2-6-18-30(19-17-27-15-7-14-26-13-4-1)22-24-11-9-23(10-12-24)20-28-21-25-8-3-5-16-29-25/h3,5,8-12,16,26-28H,1-2,4,6-7,13-15,17-22H2. The van der Waals surface area contributed by atoms with Crippen LogP contribution in [0.25, 0.3) is 0 Å². The second kappa shape index (κ2) is 14.3. The van der Waals surface area contributed by atoms with Crippen LogP contribution in [0.5, 0.6) is 0 Å². The number of nitrogens with one attached hydrogen (secondary N) is 3. The molecule has 1 aromatic heterocycles. The van der Waals surface area contributed by atoms with Crippen molar-refractivity contribution in [2.45, 2.75) is 51.7 Å². The van der Waals surface area contributed by atoms with E-state index < -0.39 is 0 Å². The Hall–Kier alpha value is -1.79. The highest BCUT2D eigenvalue weighted by Gasteiger charge is 2.07. The molecule has 164 valence electrons. The molecule has 1 aromatic carbocycles. The van der Waals surface area contributed by atoms with Crippen molar-refractivity contribution in [3.8, 4) is 0 Å². The van der Waals surface area contributed by atoms with E-state index in [9.17, 15) is 0 Å². The molecule has 2 aromatic rings. The molecule has 0 spiro atoms.